The molecule has 2 aliphatic rings. The monoisotopic (exact) mass is 745 g/mol. The lowest BCUT2D eigenvalue weighted by molar-refractivity contribution is -0.123. The fraction of sp³-hybridized carbons (Fsp3) is 0.368. The molecule has 3 aromatic carbocycles. The maximum atomic E-state index is 14.9. The van der Waals surface area contributed by atoms with Gasteiger partial charge in [0.15, 0.2) is 6.61 Å². The molecular formula is C38H41ClFN7O6. The van der Waals surface area contributed by atoms with Crippen LogP contribution in [0.1, 0.15) is 40.0 Å². The van der Waals surface area contributed by atoms with Crippen molar-refractivity contribution in [1.82, 2.24) is 30.6 Å². The number of aryl methyl sites for hydroxylation is 1. The Kier molecular flexibility index (Phi) is 12.3. The third kappa shape index (κ3) is 9.37. The standard InChI is InChI=1S/C38H41ClFN7O6/c39-22-36(50)47-14-3-5-26-21-27(9-11-33(26)47)53-24-35(49)42-13-4-12-41-34(48)23-45-15-17-46(18-16-45)38(52)30-19-25(8-10-31(30)40)20-32-28-6-1-2-7-29(28)37(51)44-43-32/h1-2,6-11,19,21H,3-5,12-18,20,22-24H2,(H,41,48)(H,42,49)(H,44,51). The van der Waals surface area contributed by atoms with Crippen molar-refractivity contribution in [2.75, 3.05) is 69.7 Å². The first-order chi connectivity index (χ1) is 25.7. The highest BCUT2D eigenvalue weighted by atomic mass is 35.5. The predicted octanol–water partition coefficient (Wildman–Crippen LogP) is 2.63. The van der Waals surface area contributed by atoms with Crippen LogP contribution in [0.2, 0.25) is 0 Å². The maximum absolute atomic E-state index is 14.9. The molecule has 0 bridgehead atoms. The van der Waals surface area contributed by atoms with Crippen LogP contribution in [-0.2, 0) is 27.2 Å². The van der Waals surface area contributed by atoms with Gasteiger partial charge in [-0.3, -0.25) is 28.9 Å². The summed E-state index contributed by atoms with van der Waals surface area (Å²) >= 11 is 5.74. The van der Waals surface area contributed by atoms with Gasteiger partial charge in [-0.2, -0.15) is 5.10 Å². The van der Waals surface area contributed by atoms with Crippen molar-refractivity contribution < 1.29 is 28.3 Å². The number of carbonyl (C=O) groups is 4. The van der Waals surface area contributed by atoms with Crippen LogP contribution >= 0.6 is 11.6 Å². The van der Waals surface area contributed by atoms with Crippen molar-refractivity contribution in [2.24, 2.45) is 0 Å². The Balaban J connectivity index is 0.882. The van der Waals surface area contributed by atoms with Crippen molar-refractivity contribution in [2.45, 2.75) is 25.7 Å². The Morgan fingerprint density at radius 2 is 1.66 bits per heavy atom. The minimum atomic E-state index is -0.618. The summed E-state index contributed by atoms with van der Waals surface area (Å²) in [6.07, 6.45) is 2.47. The maximum Gasteiger partial charge on any atom is 0.272 e. The van der Waals surface area contributed by atoms with Crippen molar-refractivity contribution in [3.05, 3.63) is 99.2 Å². The zero-order chi connectivity index (χ0) is 37.3. The van der Waals surface area contributed by atoms with Gasteiger partial charge in [-0.15, -0.1) is 11.6 Å². The van der Waals surface area contributed by atoms with Crippen LogP contribution in [0.5, 0.6) is 5.75 Å². The van der Waals surface area contributed by atoms with Crippen molar-refractivity contribution in [1.29, 1.82) is 0 Å². The van der Waals surface area contributed by atoms with Gasteiger partial charge >= 0.3 is 0 Å². The number of H-pyrrole nitrogens is 1. The molecule has 0 radical (unpaired) electrons. The van der Waals surface area contributed by atoms with Crippen LogP contribution in [0, 0.1) is 5.82 Å². The molecule has 1 saturated heterocycles. The molecule has 4 amide bonds. The molecule has 278 valence electrons. The van der Waals surface area contributed by atoms with E-state index >= 15 is 0 Å². The van der Waals surface area contributed by atoms with E-state index in [-0.39, 0.29) is 47.9 Å². The lowest BCUT2D eigenvalue weighted by Gasteiger charge is -2.34. The first kappa shape index (κ1) is 37.4. The fourth-order valence-electron chi connectivity index (χ4n) is 6.62. The van der Waals surface area contributed by atoms with E-state index in [2.05, 4.69) is 20.8 Å². The number of hydrogen-bond donors (Lipinski definition) is 3. The number of halogens is 2. The van der Waals surface area contributed by atoms with Crippen LogP contribution in [0.15, 0.2) is 65.5 Å². The molecule has 0 unspecified atom stereocenters. The van der Waals surface area contributed by atoms with E-state index in [4.69, 9.17) is 16.3 Å². The molecular weight excluding hydrogens is 705 g/mol. The van der Waals surface area contributed by atoms with Crippen LogP contribution < -0.4 is 25.8 Å². The molecule has 53 heavy (non-hydrogen) atoms. The van der Waals surface area contributed by atoms with Gasteiger partial charge in [-0.25, -0.2) is 9.49 Å². The highest BCUT2D eigenvalue weighted by Crippen LogP contribution is 2.31. The molecule has 1 fully saturated rings. The largest absolute Gasteiger partial charge is 0.484 e. The highest BCUT2D eigenvalue weighted by molar-refractivity contribution is 6.29. The number of ether oxygens (including phenoxy) is 1. The Morgan fingerprint density at radius 1 is 0.906 bits per heavy atom. The molecule has 0 saturated carbocycles. The number of amides is 4. The number of benzene rings is 3. The number of anilines is 1. The van der Waals surface area contributed by atoms with Gasteiger partial charge in [0.1, 0.15) is 17.4 Å². The topological polar surface area (TPSA) is 157 Å². The lowest BCUT2D eigenvalue weighted by Crippen LogP contribution is -2.51. The smallest absolute Gasteiger partial charge is 0.272 e. The average Bonchev–Trinajstić information content (AvgIpc) is 3.18. The normalized spacial score (nSPS) is 14.5. The number of nitrogens with one attached hydrogen (secondary N) is 3. The molecule has 0 atom stereocenters. The molecule has 3 N–H and O–H groups in total. The van der Waals surface area contributed by atoms with Gasteiger partial charge < -0.3 is 25.2 Å². The second-order valence-corrected chi connectivity index (χ2v) is 13.3. The Labute approximate surface area is 310 Å². The van der Waals surface area contributed by atoms with Crippen molar-refractivity contribution >= 4 is 51.7 Å². The molecule has 0 spiro atoms. The summed E-state index contributed by atoms with van der Waals surface area (Å²) in [5.41, 5.74) is 2.77. The Bertz CT molecular complexity index is 2050. The number of piperazine rings is 1. The SMILES string of the molecule is O=C(COc1ccc2c(c1)CCCN2C(=O)CCl)NCCCNC(=O)CN1CCN(C(=O)c2cc(Cc3n[nH]c(=O)c4ccccc34)ccc2F)CC1. The van der Waals surface area contributed by atoms with E-state index in [1.165, 1.54) is 12.1 Å². The predicted molar refractivity (Wildman–Crippen MR) is 198 cm³/mol. The summed E-state index contributed by atoms with van der Waals surface area (Å²) in [6.45, 7) is 2.95. The van der Waals surface area contributed by atoms with Crippen LogP contribution in [0.25, 0.3) is 10.8 Å². The van der Waals surface area contributed by atoms with Crippen molar-refractivity contribution in [3.8, 4) is 5.75 Å². The van der Waals surface area contributed by atoms with Gasteiger partial charge in [0.2, 0.25) is 11.8 Å². The van der Waals surface area contributed by atoms with E-state index in [9.17, 15) is 28.4 Å². The summed E-state index contributed by atoms with van der Waals surface area (Å²) in [5, 5.41) is 13.5. The third-order valence-electron chi connectivity index (χ3n) is 9.39. The summed E-state index contributed by atoms with van der Waals surface area (Å²) in [4.78, 5) is 67.7. The molecule has 13 nitrogen and oxygen atoms in total. The number of hydrogen-bond acceptors (Lipinski definition) is 8. The summed E-state index contributed by atoms with van der Waals surface area (Å²) in [7, 11) is 0. The van der Waals surface area contributed by atoms with E-state index in [1.807, 2.05) is 29.2 Å². The van der Waals surface area contributed by atoms with Gasteiger partial charge in [0.05, 0.1) is 23.2 Å². The molecule has 3 heterocycles. The molecule has 4 aromatic rings. The molecule has 6 rings (SSSR count). The number of aromatic amines is 1. The summed E-state index contributed by atoms with van der Waals surface area (Å²) in [6, 6.07) is 16.9. The van der Waals surface area contributed by atoms with E-state index in [0.717, 1.165) is 24.1 Å². The van der Waals surface area contributed by atoms with E-state index in [0.29, 0.717) is 86.4 Å². The number of nitrogens with zero attached hydrogens (tertiary/aromatic N) is 4. The summed E-state index contributed by atoms with van der Waals surface area (Å²) in [5.74, 6) is -1.17. The second kappa shape index (κ2) is 17.5. The zero-order valence-corrected chi connectivity index (χ0v) is 29.9. The minimum Gasteiger partial charge on any atom is -0.484 e. The third-order valence-corrected chi connectivity index (χ3v) is 9.62. The summed E-state index contributed by atoms with van der Waals surface area (Å²) < 4.78 is 20.5. The van der Waals surface area contributed by atoms with Crippen LogP contribution in [-0.4, -0.2) is 108 Å². The lowest BCUT2D eigenvalue weighted by atomic mass is 10.0. The number of fused-ring (bicyclic) bond motifs is 2. The van der Waals surface area contributed by atoms with Crippen LogP contribution in [0.3, 0.4) is 0 Å². The molecule has 1 aromatic heterocycles. The second-order valence-electron chi connectivity index (χ2n) is 13.0. The minimum absolute atomic E-state index is 0.0340. The van der Waals surface area contributed by atoms with Gasteiger partial charge in [0.25, 0.3) is 17.4 Å². The zero-order valence-electron chi connectivity index (χ0n) is 29.2. The van der Waals surface area contributed by atoms with Gasteiger partial charge in [0, 0.05) is 63.3 Å². The molecule has 15 heteroatoms. The first-order valence-corrected chi connectivity index (χ1v) is 18.2. The molecule has 0 aliphatic carbocycles. The fourth-order valence-corrected chi connectivity index (χ4v) is 6.77. The number of carbonyl (C=O) groups excluding carboxylic acids is 4. The quantitative estimate of drug-likeness (QED) is 0.139. The van der Waals surface area contributed by atoms with E-state index < -0.39 is 11.7 Å². The van der Waals surface area contributed by atoms with E-state index in [1.54, 1.807) is 34.1 Å². The van der Waals surface area contributed by atoms with Gasteiger partial charge in [-0.05, 0) is 66.8 Å². The highest BCUT2D eigenvalue weighted by Gasteiger charge is 2.26. The first-order valence-electron chi connectivity index (χ1n) is 17.6. The Hall–Kier alpha value is -5.34. The van der Waals surface area contributed by atoms with Crippen molar-refractivity contribution in [3.63, 3.8) is 0 Å². The number of rotatable bonds is 13. The number of alkyl halides is 1. The number of aromatic nitrogens is 2. The average molecular weight is 746 g/mol. The Morgan fingerprint density at radius 3 is 2.43 bits per heavy atom. The van der Waals surface area contributed by atoms with Crippen LogP contribution in [0.4, 0.5) is 10.1 Å². The van der Waals surface area contributed by atoms with Gasteiger partial charge in [-0.1, -0.05) is 24.3 Å². The molecule has 2 aliphatic heterocycles.